The quantitative estimate of drug-likeness (QED) is 0.809. The van der Waals surface area contributed by atoms with Crippen LogP contribution in [0, 0.1) is 5.82 Å². The molecule has 1 aliphatic carbocycles. The standard InChI is InChI=1S/C16H20ClFO2/c1-2-20-16(8-4-3-5-9-16)15(19)10-12-6-7-13(17)11-14(12)18/h6-7,11H,2-5,8-10H2,1H3. The van der Waals surface area contributed by atoms with Crippen molar-refractivity contribution in [3.63, 3.8) is 0 Å². The normalized spacial score (nSPS) is 17.9. The second kappa shape index (κ2) is 6.68. The van der Waals surface area contributed by atoms with Gasteiger partial charge in [0.2, 0.25) is 0 Å². The van der Waals surface area contributed by atoms with E-state index in [1.807, 2.05) is 6.92 Å². The molecule has 0 unspecified atom stereocenters. The van der Waals surface area contributed by atoms with Gasteiger partial charge in [0, 0.05) is 18.1 Å². The molecule has 1 aliphatic rings. The van der Waals surface area contributed by atoms with Gasteiger partial charge in [0.15, 0.2) is 5.78 Å². The highest BCUT2D eigenvalue weighted by molar-refractivity contribution is 6.30. The van der Waals surface area contributed by atoms with Crippen molar-refractivity contribution in [2.24, 2.45) is 0 Å². The van der Waals surface area contributed by atoms with E-state index in [1.54, 1.807) is 12.1 Å². The number of halogens is 2. The van der Waals surface area contributed by atoms with Gasteiger partial charge < -0.3 is 4.74 Å². The van der Waals surface area contributed by atoms with Crippen molar-refractivity contribution in [3.8, 4) is 0 Å². The first-order valence-electron chi connectivity index (χ1n) is 7.18. The van der Waals surface area contributed by atoms with Crippen molar-refractivity contribution < 1.29 is 13.9 Å². The molecule has 1 aromatic carbocycles. The van der Waals surface area contributed by atoms with E-state index in [9.17, 15) is 9.18 Å². The zero-order chi connectivity index (χ0) is 14.6. The van der Waals surface area contributed by atoms with Crippen molar-refractivity contribution in [2.75, 3.05) is 6.61 Å². The van der Waals surface area contributed by atoms with Crippen LogP contribution in [0.15, 0.2) is 18.2 Å². The Kier molecular flexibility index (Phi) is 5.17. The second-order valence-electron chi connectivity index (χ2n) is 5.32. The lowest BCUT2D eigenvalue weighted by molar-refractivity contribution is -0.148. The highest BCUT2D eigenvalue weighted by Gasteiger charge is 2.39. The van der Waals surface area contributed by atoms with Gasteiger partial charge in [-0.05, 0) is 37.5 Å². The van der Waals surface area contributed by atoms with Crippen molar-refractivity contribution in [1.82, 2.24) is 0 Å². The molecule has 0 bridgehead atoms. The fourth-order valence-corrected chi connectivity index (χ4v) is 3.06. The molecule has 2 nitrogen and oxygen atoms in total. The van der Waals surface area contributed by atoms with Crippen LogP contribution >= 0.6 is 11.6 Å². The minimum Gasteiger partial charge on any atom is -0.367 e. The van der Waals surface area contributed by atoms with E-state index in [4.69, 9.17) is 16.3 Å². The highest BCUT2D eigenvalue weighted by atomic mass is 35.5. The molecule has 0 aromatic heterocycles. The molecule has 0 spiro atoms. The predicted molar refractivity (Wildman–Crippen MR) is 77.6 cm³/mol. The number of ketones is 1. The topological polar surface area (TPSA) is 26.3 Å². The van der Waals surface area contributed by atoms with Gasteiger partial charge >= 0.3 is 0 Å². The minimum absolute atomic E-state index is 0.0136. The first-order valence-corrected chi connectivity index (χ1v) is 7.56. The molecule has 2 rings (SSSR count). The molecule has 0 heterocycles. The average Bonchev–Trinajstić information content (AvgIpc) is 2.43. The van der Waals surface area contributed by atoms with E-state index in [1.165, 1.54) is 6.07 Å². The molecule has 4 heteroatoms. The number of carbonyl (C=O) groups excluding carboxylic acids is 1. The molecule has 0 aliphatic heterocycles. The van der Waals surface area contributed by atoms with Gasteiger partial charge in [0.05, 0.1) is 0 Å². The summed E-state index contributed by atoms with van der Waals surface area (Å²) < 4.78 is 19.6. The first kappa shape index (κ1) is 15.5. The Hall–Kier alpha value is -0.930. The van der Waals surface area contributed by atoms with Crippen molar-refractivity contribution in [1.29, 1.82) is 0 Å². The summed E-state index contributed by atoms with van der Waals surface area (Å²) >= 11 is 5.73. The van der Waals surface area contributed by atoms with Crippen molar-refractivity contribution in [3.05, 3.63) is 34.6 Å². The maximum absolute atomic E-state index is 13.8. The van der Waals surface area contributed by atoms with Crippen molar-refractivity contribution in [2.45, 2.75) is 51.0 Å². The van der Waals surface area contributed by atoms with Gasteiger partial charge in [-0.2, -0.15) is 0 Å². The fourth-order valence-electron chi connectivity index (χ4n) is 2.90. The molecule has 0 amide bonds. The third-order valence-corrected chi connectivity index (χ3v) is 4.19. The smallest absolute Gasteiger partial charge is 0.169 e. The number of hydrogen-bond acceptors (Lipinski definition) is 2. The zero-order valence-electron chi connectivity index (χ0n) is 11.8. The summed E-state index contributed by atoms with van der Waals surface area (Å²) in [7, 11) is 0. The Bertz CT molecular complexity index is 476. The molecule has 1 fully saturated rings. The molecule has 20 heavy (non-hydrogen) atoms. The fraction of sp³-hybridized carbons (Fsp3) is 0.562. The van der Waals surface area contributed by atoms with Gasteiger partial charge in [0.25, 0.3) is 0 Å². The van der Waals surface area contributed by atoms with Crippen LogP contribution in [0.1, 0.15) is 44.6 Å². The summed E-state index contributed by atoms with van der Waals surface area (Å²) in [6.45, 7) is 2.40. The van der Waals surface area contributed by atoms with Crippen LogP contribution < -0.4 is 0 Å². The zero-order valence-corrected chi connectivity index (χ0v) is 12.5. The van der Waals surface area contributed by atoms with Crippen LogP contribution in [-0.2, 0) is 16.0 Å². The SMILES string of the molecule is CCOC1(C(=O)Cc2ccc(Cl)cc2F)CCCCC1. The Morgan fingerprint density at radius 3 is 2.65 bits per heavy atom. The largest absolute Gasteiger partial charge is 0.367 e. The summed E-state index contributed by atoms with van der Waals surface area (Å²) in [5.74, 6) is -0.436. The van der Waals surface area contributed by atoms with Crippen LogP contribution in [0.2, 0.25) is 5.02 Å². The minimum atomic E-state index is -0.709. The number of carbonyl (C=O) groups is 1. The summed E-state index contributed by atoms with van der Waals surface area (Å²) in [5.41, 5.74) is -0.317. The lowest BCUT2D eigenvalue weighted by Gasteiger charge is -2.35. The average molecular weight is 299 g/mol. The molecule has 0 saturated heterocycles. The van der Waals surface area contributed by atoms with E-state index in [2.05, 4.69) is 0 Å². The van der Waals surface area contributed by atoms with Crippen LogP contribution in [0.3, 0.4) is 0 Å². The lowest BCUT2D eigenvalue weighted by atomic mass is 9.79. The van der Waals surface area contributed by atoms with Crippen LogP contribution in [0.5, 0.6) is 0 Å². The highest BCUT2D eigenvalue weighted by Crippen LogP contribution is 2.33. The van der Waals surface area contributed by atoms with E-state index in [-0.39, 0.29) is 12.2 Å². The number of hydrogen-bond donors (Lipinski definition) is 0. The number of ether oxygens (including phenoxy) is 1. The van der Waals surface area contributed by atoms with Gasteiger partial charge in [-0.25, -0.2) is 4.39 Å². The van der Waals surface area contributed by atoms with Crippen LogP contribution in [0.4, 0.5) is 4.39 Å². The van der Waals surface area contributed by atoms with E-state index in [0.29, 0.717) is 17.2 Å². The summed E-state index contributed by atoms with van der Waals surface area (Å²) in [4.78, 5) is 12.6. The monoisotopic (exact) mass is 298 g/mol. The maximum Gasteiger partial charge on any atom is 0.169 e. The predicted octanol–water partition coefficient (Wildman–Crippen LogP) is 4.33. The molecular weight excluding hydrogens is 279 g/mol. The van der Waals surface area contributed by atoms with Crippen LogP contribution in [-0.4, -0.2) is 18.0 Å². The number of Topliss-reactive ketones (excluding diaryl/α,β-unsaturated/α-hetero) is 1. The Morgan fingerprint density at radius 2 is 2.05 bits per heavy atom. The lowest BCUT2D eigenvalue weighted by Crippen LogP contribution is -2.44. The van der Waals surface area contributed by atoms with Gasteiger partial charge in [-0.3, -0.25) is 4.79 Å². The summed E-state index contributed by atoms with van der Waals surface area (Å²) in [6.07, 6.45) is 4.69. The Morgan fingerprint density at radius 1 is 1.35 bits per heavy atom. The molecule has 110 valence electrons. The molecule has 0 atom stereocenters. The van der Waals surface area contributed by atoms with E-state index in [0.717, 1.165) is 32.1 Å². The number of benzene rings is 1. The summed E-state index contributed by atoms with van der Waals surface area (Å²) in [5, 5.41) is 0.343. The third-order valence-electron chi connectivity index (χ3n) is 3.96. The Labute approximate surface area is 124 Å². The number of rotatable bonds is 5. The van der Waals surface area contributed by atoms with Gasteiger partial charge in [0.1, 0.15) is 11.4 Å². The third kappa shape index (κ3) is 3.39. The van der Waals surface area contributed by atoms with Gasteiger partial charge in [-0.15, -0.1) is 0 Å². The molecule has 0 N–H and O–H groups in total. The molecule has 1 aromatic rings. The maximum atomic E-state index is 13.8. The summed E-state index contributed by atoms with van der Waals surface area (Å²) in [6, 6.07) is 4.44. The molecule has 0 radical (unpaired) electrons. The van der Waals surface area contributed by atoms with E-state index < -0.39 is 11.4 Å². The van der Waals surface area contributed by atoms with E-state index >= 15 is 0 Å². The first-order chi connectivity index (χ1) is 9.57. The second-order valence-corrected chi connectivity index (χ2v) is 5.76. The molecule has 1 saturated carbocycles. The Balaban J connectivity index is 2.15. The van der Waals surface area contributed by atoms with Crippen molar-refractivity contribution >= 4 is 17.4 Å². The van der Waals surface area contributed by atoms with Gasteiger partial charge in [-0.1, -0.05) is 36.9 Å². The molecular formula is C16H20ClFO2. The van der Waals surface area contributed by atoms with Crippen LogP contribution in [0.25, 0.3) is 0 Å².